The van der Waals surface area contributed by atoms with Crippen LogP contribution >= 0.6 is 0 Å². The number of pyridine rings is 1. The molecular formula is C15H16FN3O. The van der Waals surface area contributed by atoms with Crippen LogP contribution in [0.1, 0.15) is 30.7 Å². The van der Waals surface area contributed by atoms with Crippen LogP contribution in [-0.4, -0.2) is 4.98 Å². The number of aromatic nitrogens is 1. The van der Waals surface area contributed by atoms with Gasteiger partial charge in [-0.3, -0.25) is 0 Å². The highest BCUT2D eigenvalue weighted by Gasteiger charge is 2.17. The van der Waals surface area contributed by atoms with Gasteiger partial charge in [-0.15, -0.1) is 4.91 Å². The summed E-state index contributed by atoms with van der Waals surface area (Å²) in [5.74, 6) is -0.174. The molecule has 0 bridgehead atoms. The van der Waals surface area contributed by atoms with Gasteiger partial charge in [-0.05, 0) is 54.4 Å². The Morgan fingerprint density at radius 1 is 1.25 bits per heavy atom. The Bertz CT molecular complexity index is 618. The van der Waals surface area contributed by atoms with E-state index >= 15 is 0 Å². The molecule has 1 heterocycles. The van der Waals surface area contributed by atoms with Crippen molar-refractivity contribution in [2.24, 2.45) is 10.9 Å². The van der Waals surface area contributed by atoms with Crippen LogP contribution in [-0.2, 0) is 12.0 Å². The Morgan fingerprint density at radius 2 is 1.90 bits per heavy atom. The standard InChI is InChI=1S/C15H16FN3O/c1-15(2,17)11-8-13(18-14(9-11)19-20)7-10-3-5-12(16)6-4-10/h3-6,8-9H,7,17H2,1-2H3. The van der Waals surface area contributed by atoms with Crippen molar-refractivity contribution < 1.29 is 4.39 Å². The van der Waals surface area contributed by atoms with E-state index in [-0.39, 0.29) is 11.6 Å². The van der Waals surface area contributed by atoms with E-state index in [1.807, 2.05) is 19.9 Å². The molecule has 2 rings (SSSR count). The molecule has 4 nitrogen and oxygen atoms in total. The first-order chi connectivity index (χ1) is 9.38. The fourth-order valence-electron chi connectivity index (χ4n) is 1.89. The zero-order valence-corrected chi connectivity index (χ0v) is 11.4. The minimum absolute atomic E-state index is 0.109. The first-order valence-electron chi connectivity index (χ1n) is 6.26. The maximum Gasteiger partial charge on any atom is 0.197 e. The fraction of sp³-hybridized carbons (Fsp3) is 0.267. The van der Waals surface area contributed by atoms with E-state index in [2.05, 4.69) is 10.2 Å². The predicted molar refractivity (Wildman–Crippen MR) is 76.1 cm³/mol. The van der Waals surface area contributed by atoms with Crippen LogP contribution in [0, 0.1) is 10.7 Å². The number of benzene rings is 1. The lowest BCUT2D eigenvalue weighted by Crippen LogP contribution is -2.28. The Labute approximate surface area is 116 Å². The molecule has 1 aromatic carbocycles. The Kier molecular flexibility index (Phi) is 3.90. The quantitative estimate of drug-likeness (QED) is 0.868. The van der Waals surface area contributed by atoms with Crippen molar-refractivity contribution in [3.05, 3.63) is 63.9 Å². The van der Waals surface area contributed by atoms with Gasteiger partial charge in [-0.25, -0.2) is 9.37 Å². The zero-order valence-electron chi connectivity index (χ0n) is 11.4. The van der Waals surface area contributed by atoms with Crippen LogP contribution in [0.4, 0.5) is 10.2 Å². The van der Waals surface area contributed by atoms with Gasteiger partial charge in [0, 0.05) is 17.7 Å². The van der Waals surface area contributed by atoms with Crippen molar-refractivity contribution in [2.75, 3.05) is 0 Å². The van der Waals surface area contributed by atoms with Crippen LogP contribution in [0.2, 0.25) is 0 Å². The summed E-state index contributed by atoms with van der Waals surface area (Å²) in [5, 5.41) is 2.88. The second-order valence-corrected chi connectivity index (χ2v) is 5.32. The van der Waals surface area contributed by atoms with E-state index in [9.17, 15) is 9.30 Å². The highest BCUT2D eigenvalue weighted by Crippen LogP contribution is 2.23. The van der Waals surface area contributed by atoms with Crippen molar-refractivity contribution in [1.29, 1.82) is 0 Å². The normalized spacial score (nSPS) is 11.4. The van der Waals surface area contributed by atoms with Crippen LogP contribution in [0.15, 0.2) is 41.6 Å². The van der Waals surface area contributed by atoms with Crippen LogP contribution in [0.3, 0.4) is 0 Å². The van der Waals surface area contributed by atoms with Crippen LogP contribution in [0.25, 0.3) is 0 Å². The molecule has 1 aromatic heterocycles. The van der Waals surface area contributed by atoms with Crippen molar-refractivity contribution in [3.63, 3.8) is 0 Å². The van der Waals surface area contributed by atoms with Gasteiger partial charge in [0.25, 0.3) is 0 Å². The average molecular weight is 273 g/mol. The van der Waals surface area contributed by atoms with Crippen molar-refractivity contribution in [3.8, 4) is 0 Å². The Hall–Kier alpha value is -2.14. The summed E-state index contributed by atoms with van der Waals surface area (Å²) in [6, 6.07) is 9.59. The second-order valence-electron chi connectivity index (χ2n) is 5.32. The van der Waals surface area contributed by atoms with Crippen molar-refractivity contribution in [2.45, 2.75) is 25.8 Å². The molecule has 104 valence electrons. The minimum Gasteiger partial charge on any atom is -0.322 e. The van der Waals surface area contributed by atoms with Gasteiger partial charge in [0.15, 0.2) is 5.82 Å². The largest absolute Gasteiger partial charge is 0.322 e. The monoisotopic (exact) mass is 273 g/mol. The Balaban J connectivity index is 2.36. The lowest BCUT2D eigenvalue weighted by atomic mass is 9.95. The molecule has 2 aromatic rings. The van der Waals surface area contributed by atoms with Gasteiger partial charge in [-0.1, -0.05) is 12.1 Å². The number of hydrogen-bond acceptors (Lipinski definition) is 4. The molecule has 0 spiro atoms. The number of rotatable bonds is 4. The zero-order chi connectivity index (χ0) is 14.8. The summed E-state index contributed by atoms with van der Waals surface area (Å²) >= 11 is 0. The molecule has 0 saturated heterocycles. The lowest BCUT2D eigenvalue weighted by Gasteiger charge is -2.20. The van der Waals surface area contributed by atoms with E-state index in [4.69, 9.17) is 5.73 Å². The first kappa shape index (κ1) is 14.3. The van der Waals surface area contributed by atoms with Gasteiger partial charge >= 0.3 is 0 Å². The third-order valence-electron chi connectivity index (χ3n) is 3.00. The maximum absolute atomic E-state index is 12.9. The molecule has 0 radical (unpaired) electrons. The minimum atomic E-state index is -0.583. The molecular weight excluding hydrogens is 257 g/mol. The molecule has 2 N–H and O–H groups in total. The van der Waals surface area contributed by atoms with E-state index in [1.54, 1.807) is 18.2 Å². The number of nitrogens with two attached hydrogens (primary N) is 1. The lowest BCUT2D eigenvalue weighted by molar-refractivity contribution is 0.553. The van der Waals surface area contributed by atoms with Gasteiger partial charge in [0.05, 0.1) is 0 Å². The highest BCUT2D eigenvalue weighted by atomic mass is 19.1. The number of halogens is 1. The van der Waals surface area contributed by atoms with Gasteiger partial charge in [0.2, 0.25) is 0 Å². The highest BCUT2D eigenvalue weighted by molar-refractivity contribution is 5.38. The van der Waals surface area contributed by atoms with Gasteiger partial charge in [0.1, 0.15) is 5.82 Å². The molecule has 0 aliphatic carbocycles. The molecule has 0 saturated carbocycles. The fourth-order valence-corrected chi connectivity index (χ4v) is 1.89. The molecule has 0 aliphatic heterocycles. The van der Waals surface area contributed by atoms with Gasteiger partial charge in [-0.2, -0.15) is 0 Å². The van der Waals surface area contributed by atoms with Crippen LogP contribution < -0.4 is 5.73 Å². The van der Waals surface area contributed by atoms with E-state index in [0.29, 0.717) is 12.1 Å². The summed E-state index contributed by atoms with van der Waals surface area (Å²) in [4.78, 5) is 14.9. The smallest absolute Gasteiger partial charge is 0.197 e. The van der Waals surface area contributed by atoms with E-state index < -0.39 is 5.54 Å². The second kappa shape index (κ2) is 5.46. The maximum atomic E-state index is 12.9. The summed E-state index contributed by atoms with van der Waals surface area (Å²) in [6.45, 7) is 3.69. The van der Waals surface area contributed by atoms with Gasteiger partial charge < -0.3 is 5.73 Å². The number of nitrogens with zero attached hydrogens (tertiary/aromatic N) is 2. The summed E-state index contributed by atoms with van der Waals surface area (Å²) < 4.78 is 12.9. The van der Waals surface area contributed by atoms with Crippen molar-refractivity contribution in [1.82, 2.24) is 4.98 Å². The third-order valence-corrected chi connectivity index (χ3v) is 3.00. The van der Waals surface area contributed by atoms with Crippen LogP contribution in [0.5, 0.6) is 0 Å². The SMILES string of the molecule is CC(C)(N)c1cc(Cc2ccc(F)cc2)nc(N=O)c1. The summed E-state index contributed by atoms with van der Waals surface area (Å²) in [7, 11) is 0. The molecule has 0 aliphatic rings. The Morgan fingerprint density at radius 3 is 2.45 bits per heavy atom. The average Bonchev–Trinajstić information content (AvgIpc) is 2.40. The molecule has 0 unspecified atom stereocenters. The summed E-state index contributed by atoms with van der Waals surface area (Å²) in [5.41, 5.74) is 7.84. The molecule has 0 atom stereocenters. The molecule has 20 heavy (non-hydrogen) atoms. The number of nitroso groups, excluding NO2 is 1. The first-order valence-corrected chi connectivity index (χ1v) is 6.26. The summed E-state index contributed by atoms with van der Waals surface area (Å²) in [6.07, 6.45) is 0.493. The van der Waals surface area contributed by atoms with E-state index in [1.165, 1.54) is 12.1 Å². The topological polar surface area (TPSA) is 68.3 Å². The predicted octanol–water partition coefficient (Wildman–Crippen LogP) is 3.40. The molecule has 5 heteroatoms. The number of hydrogen-bond donors (Lipinski definition) is 1. The molecule has 0 amide bonds. The van der Waals surface area contributed by atoms with Crippen molar-refractivity contribution >= 4 is 5.82 Å². The van der Waals surface area contributed by atoms with E-state index in [0.717, 1.165) is 11.1 Å². The molecule has 0 fully saturated rings. The third kappa shape index (κ3) is 3.45.